The lowest BCUT2D eigenvalue weighted by molar-refractivity contribution is -0.156. The Morgan fingerprint density at radius 3 is 2.96 bits per heavy atom. The van der Waals surface area contributed by atoms with E-state index in [1.54, 1.807) is 6.92 Å². The van der Waals surface area contributed by atoms with Gasteiger partial charge in [-0.05, 0) is 31.4 Å². The highest BCUT2D eigenvalue weighted by atomic mass is 32.2. The van der Waals surface area contributed by atoms with Crippen molar-refractivity contribution in [2.75, 3.05) is 18.5 Å². The molecular formula is C19H24N2O5S. The van der Waals surface area contributed by atoms with Crippen molar-refractivity contribution in [1.29, 1.82) is 0 Å². The maximum absolute atomic E-state index is 12.3. The Kier molecular flexibility index (Phi) is 6.73. The fraction of sp³-hybridized carbons (Fsp3) is 0.526. The molecule has 0 unspecified atom stereocenters. The molecule has 27 heavy (non-hydrogen) atoms. The summed E-state index contributed by atoms with van der Waals surface area (Å²) in [5.74, 6) is -1.11. The van der Waals surface area contributed by atoms with Gasteiger partial charge in [-0.15, -0.1) is 11.8 Å². The summed E-state index contributed by atoms with van der Waals surface area (Å²) in [5, 5.41) is 5.01. The third-order valence-electron chi connectivity index (χ3n) is 4.52. The monoisotopic (exact) mass is 392 g/mol. The molecule has 2 amide bonds. The summed E-state index contributed by atoms with van der Waals surface area (Å²) in [6.45, 7) is 2.92. The number of anilines is 1. The van der Waals surface area contributed by atoms with Crippen LogP contribution in [0.15, 0.2) is 29.2 Å². The van der Waals surface area contributed by atoms with Crippen molar-refractivity contribution >= 4 is 35.2 Å². The van der Waals surface area contributed by atoms with Crippen LogP contribution in [-0.2, 0) is 23.9 Å². The predicted octanol–water partition coefficient (Wildman–Crippen LogP) is 2.11. The molecule has 2 aliphatic rings. The second-order valence-corrected chi connectivity index (χ2v) is 7.81. The van der Waals surface area contributed by atoms with Gasteiger partial charge in [-0.1, -0.05) is 19.1 Å². The second-order valence-electron chi connectivity index (χ2n) is 6.56. The van der Waals surface area contributed by atoms with E-state index >= 15 is 0 Å². The van der Waals surface area contributed by atoms with Crippen LogP contribution in [0.5, 0.6) is 0 Å². The summed E-state index contributed by atoms with van der Waals surface area (Å²) >= 11 is 1.33. The average molecular weight is 392 g/mol. The maximum Gasteiger partial charge on any atom is 0.308 e. The Balaban J connectivity index is 1.49. The van der Waals surface area contributed by atoms with Crippen LogP contribution >= 0.6 is 11.8 Å². The number of esters is 1. The topological polar surface area (TPSA) is 93.7 Å². The third-order valence-corrected chi connectivity index (χ3v) is 5.80. The van der Waals surface area contributed by atoms with Gasteiger partial charge in [0.05, 0.1) is 23.5 Å². The lowest BCUT2D eigenvalue weighted by atomic mass is 10.2. The number of thioether (sulfide) groups is 1. The molecule has 0 aliphatic carbocycles. The molecule has 2 N–H and O–H groups in total. The summed E-state index contributed by atoms with van der Waals surface area (Å²) < 4.78 is 10.8. The zero-order chi connectivity index (χ0) is 19.2. The maximum atomic E-state index is 12.3. The molecule has 0 bridgehead atoms. The van der Waals surface area contributed by atoms with E-state index in [-0.39, 0.29) is 24.3 Å². The highest BCUT2D eigenvalue weighted by molar-refractivity contribution is 8.01. The van der Waals surface area contributed by atoms with E-state index in [4.69, 9.17) is 9.47 Å². The van der Waals surface area contributed by atoms with Crippen LogP contribution in [0.4, 0.5) is 5.69 Å². The standard InChI is InChI=1S/C19H24N2O5S/c1-2-14(18(23)20-11-12-6-5-9-25-12)26-17(22)10-16-19(24)21-13-7-3-4-8-15(13)27-16/h3-4,7-8,12,14,16H,2,5-6,9-11H2,1H3,(H,20,23)(H,21,24)/t12-,14+,16-/m1/s1. The van der Waals surface area contributed by atoms with Gasteiger partial charge < -0.3 is 20.1 Å². The first-order valence-corrected chi connectivity index (χ1v) is 10.1. The Hall–Kier alpha value is -2.06. The van der Waals surface area contributed by atoms with Gasteiger partial charge in [-0.25, -0.2) is 0 Å². The third kappa shape index (κ3) is 5.23. The van der Waals surface area contributed by atoms with Gasteiger partial charge >= 0.3 is 5.97 Å². The largest absolute Gasteiger partial charge is 0.452 e. The van der Waals surface area contributed by atoms with Crippen molar-refractivity contribution in [1.82, 2.24) is 5.32 Å². The van der Waals surface area contributed by atoms with Crippen molar-refractivity contribution < 1.29 is 23.9 Å². The first kappa shape index (κ1) is 19.7. The summed E-state index contributed by atoms with van der Waals surface area (Å²) in [6, 6.07) is 7.44. The van der Waals surface area contributed by atoms with Crippen molar-refractivity contribution in [3.63, 3.8) is 0 Å². The van der Waals surface area contributed by atoms with Crippen LogP contribution in [0.3, 0.4) is 0 Å². The number of benzene rings is 1. The molecule has 2 heterocycles. The lowest BCUT2D eigenvalue weighted by Gasteiger charge is -2.24. The Morgan fingerprint density at radius 2 is 2.22 bits per heavy atom. The number of ether oxygens (including phenoxy) is 2. The molecule has 0 radical (unpaired) electrons. The van der Waals surface area contributed by atoms with E-state index in [2.05, 4.69) is 10.6 Å². The van der Waals surface area contributed by atoms with Crippen LogP contribution in [0, 0.1) is 0 Å². The van der Waals surface area contributed by atoms with Gasteiger partial charge in [-0.2, -0.15) is 0 Å². The summed E-state index contributed by atoms with van der Waals surface area (Å²) in [7, 11) is 0. The van der Waals surface area contributed by atoms with E-state index in [0.717, 1.165) is 30.0 Å². The number of fused-ring (bicyclic) bond motifs is 1. The quantitative estimate of drug-likeness (QED) is 0.691. The predicted molar refractivity (Wildman–Crippen MR) is 101 cm³/mol. The number of nitrogens with one attached hydrogen (secondary N) is 2. The molecule has 3 rings (SSSR count). The fourth-order valence-corrected chi connectivity index (χ4v) is 4.14. The van der Waals surface area contributed by atoms with E-state index in [9.17, 15) is 14.4 Å². The average Bonchev–Trinajstić information content (AvgIpc) is 3.18. The molecule has 1 saturated heterocycles. The molecule has 8 heteroatoms. The van der Waals surface area contributed by atoms with E-state index in [0.29, 0.717) is 13.0 Å². The van der Waals surface area contributed by atoms with Gasteiger partial charge in [-0.3, -0.25) is 14.4 Å². The Morgan fingerprint density at radius 1 is 1.41 bits per heavy atom. The Bertz CT molecular complexity index is 705. The highest BCUT2D eigenvalue weighted by Gasteiger charge is 2.31. The number of amides is 2. The van der Waals surface area contributed by atoms with E-state index < -0.39 is 17.3 Å². The second kappa shape index (κ2) is 9.23. The number of hydrogen-bond acceptors (Lipinski definition) is 6. The van der Waals surface area contributed by atoms with Gasteiger partial charge in [0.25, 0.3) is 5.91 Å². The van der Waals surface area contributed by atoms with Crippen molar-refractivity contribution in [3.05, 3.63) is 24.3 Å². The molecular weight excluding hydrogens is 368 g/mol. The van der Waals surface area contributed by atoms with Crippen molar-refractivity contribution in [3.8, 4) is 0 Å². The summed E-state index contributed by atoms with van der Waals surface area (Å²) in [5.41, 5.74) is 0.747. The molecule has 0 aromatic heterocycles. The number of para-hydroxylation sites is 1. The number of carbonyl (C=O) groups is 3. The molecule has 1 fully saturated rings. The minimum Gasteiger partial charge on any atom is -0.452 e. The molecule has 0 saturated carbocycles. The lowest BCUT2D eigenvalue weighted by Crippen LogP contribution is -2.41. The van der Waals surface area contributed by atoms with E-state index in [1.165, 1.54) is 11.8 Å². The molecule has 1 aromatic rings. The fourth-order valence-electron chi connectivity index (χ4n) is 3.04. The molecule has 7 nitrogen and oxygen atoms in total. The minimum atomic E-state index is -0.858. The first-order chi connectivity index (χ1) is 13.1. The molecule has 2 aliphatic heterocycles. The van der Waals surface area contributed by atoms with Crippen LogP contribution in [0.25, 0.3) is 0 Å². The van der Waals surface area contributed by atoms with Crippen LogP contribution in [-0.4, -0.2) is 48.4 Å². The number of rotatable bonds is 7. The van der Waals surface area contributed by atoms with Gasteiger partial charge in [0.2, 0.25) is 5.91 Å². The van der Waals surface area contributed by atoms with E-state index in [1.807, 2.05) is 24.3 Å². The van der Waals surface area contributed by atoms with Gasteiger partial charge in [0.15, 0.2) is 6.10 Å². The highest BCUT2D eigenvalue weighted by Crippen LogP contribution is 2.36. The first-order valence-electron chi connectivity index (χ1n) is 9.22. The summed E-state index contributed by atoms with van der Waals surface area (Å²) in [6.07, 6.45) is 1.38. The smallest absolute Gasteiger partial charge is 0.308 e. The number of carbonyl (C=O) groups excluding carboxylic acids is 3. The Labute approximate surface area is 162 Å². The van der Waals surface area contributed by atoms with Crippen LogP contribution < -0.4 is 10.6 Å². The molecule has 3 atom stereocenters. The SMILES string of the molecule is CC[C@H](OC(=O)C[C@H]1Sc2ccccc2NC1=O)C(=O)NC[C@H]1CCCO1. The molecule has 146 valence electrons. The number of hydrogen-bond donors (Lipinski definition) is 2. The van der Waals surface area contributed by atoms with Gasteiger partial charge in [0.1, 0.15) is 0 Å². The molecule has 1 aromatic carbocycles. The van der Waals surface area contributed by atoms with Crippen LogP contribution in [0.2, 0.25) is 0 Å². The normalized spacial score (nSPS) is 22.5. The summed E-state index contributed by atoms with van der Waals surface area (Å²) in [4.78, 5) is 37.7. The van der Waals surface area contributed by atoms with Gasteiger partial charge in [0, 0.05) is 18.0 Å². The zero-order valence-electron chi connectivity index (χ0n) is 15.2. The minimum absolute atomic E-state index is 0.0320. The molecule has 0 spiro atoms. The van der Waals surface area contributed by atoms with Crippen molar-refractivity contribution in [2.24, 2.45) is 0 Å². The van der Waals surface area contributed by atoms with Crippen LogP contribution in [0.1, 0.15) is 32.6 Å². The zero-order valence-corrected chi connectivity index (χ0v) is 16.1. The van der Waals surface area contributed by atoms with Crippen molar-refractivity contribution in [2.45, 2.75) is 55.0 Å².